The molecule has 3 aromatic rings. The van der Waals surface area contributed by atoms with Gasteiger partial charge in [0.25, 0.3) is 0 Å². The molecule has 21 heavy (non-hydrogen) atoms. The summed E-state index contributed by atoms with van der Waals surface area (Å²) in [6.07, 6.45) is 0. The van der Waals surface area contributed by atoms with Crippen molar-refractivity contribution in [1.82, 2.24) is 9.97 Å². The number of halogens is 2. The molecule has 0 spiro atoms. The number of rotatable bonds is 4. The molecule has 0 amide bonds. The number of hydrogen-bond donors (Lipinski definition) is 1. The maximum atomic E-state index is 6.02. The highest BCUT2D eigenvalue weighted by molar-refractivity contribution is 7.98. The minimum atomic E-state index is 0.562. The third kappa shape index (κ3) is 3.26. The maximum Gasteiger partial charge on any atom is 0.142 e. The van der Waals surface area contributed by atoms with Crippen molar-refractivity contribution < 1.29 is 0 Å². The van der Waals surface area contributed by atoms with E-state index in [0.29, 0.717) is 15.8 Å². The second-order valence-corrected chi connectivity index (χ2v) is 7.00. The average Bonchev–Trinajstić information content (AvgIpc) is 2.96. The molecule has 0 fully saturated rings. The van der Waals surface area contributed by atoms with Crippen LogP contribution in [0.25, 0.3) is 10.2 Å². The third-order valence-electron chi connectivity index (χ3n) is 2.87. The molecule has 1 aromatic carbocycles. The Labute approximate surface area is 140 Å². The molecule has 0 aliphatic rings. The van der Waals surface area contributed by atoms with Gasteiger partial charge in [0.2, 0.25) is 0 Å². The molecule has 7 heteroatoms. The zero-order valence-corrected chi connectivity index (χ0v) is 14.2. The number of nitrogens with one attached hydrogen (secondary N) is 1. The van der Waals surface area contributed by atoms with E-state index in [4.69, 9.17) is 23.2 Å². The zero-order valence-electron chi connectivity index (χ0n) is 11.1. The Kier molecular flexibility index (Phi) is 4.54. The summed E-state index contributed by atoms with van der Waals surface area (Å²) in [7, 11) is 1.87. The van der Waals surface area contributed by atoms with Crippen molar-refractivity contribution in [2.45, 2.75) is 10.6 Å². The van der Waals surface area contributed by atoms with Gasteiger partial charge in [0.15, 0.2) is 0 Å². The summed E-state index contributed by atoms with van der Waals surface area (Å²) in [5.41, 5.74) is 0. The van der Waals surface area contributed by atoms with Gasteiger partial charge in [-0.25, -0.2) is 9.97 Å². The molecule has 108 valence electrons. The van der Waals surface area contributed by atoms with Gasteiger partial charge in [0, 0.05) is 11.9 Å². The summed E-state index contributed by atoms with van der Waals surface area (Å²) in [4.78, 5) is 11.2. The van der Waals surface area contributed by atoms with E-state index in [9.17, 15) is 0 Å². The molecule has 2 aromatic heterocycles. The lowest BCUT2D eigenvalue weighted by atomic mass is 10.4. The fourth-order valence-corrected chi connectivity index (χ4v) is 3.81. The van der Waals surface area contributed by atoms with Crippen LogP contribution in [0, 0.1) is 0 Å². The van der Waals surface area contributed by atoms with Gasteiger partial charge in [0.05, 0.1) is 21.2 Å². The van der Waals surface area contributed by atoms with Gasteiger partial charge in [-0.1, -0.05) is 23.2 Å². The molecule has 3 nitrogen and oxygen atoms in total. The maximum absolute atomic E-state index is 6.02. The lowest BCUT2D eigenvalue weighted by molar-refractivity contribution is 1.07. The van der Waals surface area contributed by atoms with Crippen LogP contribution in [0.4, 0.5) is 5.82 Å². The monoisotopic (exact) mass is 355 g/mol. The molecule has 2 heterocycles. The molecule has 0 saturated carbocycles. The second-order valence-electron chi connectivity index (χ2n) is 4.24. The Morgan fingerprint density at radius 2 is 2.05 bits per heavy atom. The van der Waals surface area contributed by atoms with E-state index in [-0.39, 0.29) is 0 Å². The molecule has 0 aliphatic carbocycles. The Balaban J connectivity index is 1.82. The van der Waals surface area contributed by atoms with Crippen molar-refractivity contribution in [3.63, 3.8) is 0 Å². The normalized spacial score (nSPS) is 11.0. The lowest BCUT2D eigenvalue weighted by Crippen LogP contribution is -1.99. The summed E-state index contributed by atoms with van der Waals surface area (Å²) in [5.74, 6) is 2.34. The molecular formula is C14H11Cl2N3S2. The van der Waals surface area contributed by atoms with Crippen LogP contribution in [0.15, 0.2) is 34.5 Å². The number of nitrogens with zero attached hydrogens (tertiary/aromatic N) is 2. The predicted molar refractivity (Wildman–Crippen MR) is 93.0 cm³/mol. The minimum Gasteiger partial charge on any atom is -0.372 e. The topological polar surface area (TPSA) is 37.8 Å². The first-order chi connectivity index (χ1) is 10.2. The van der Waals surface area contributed by atoms with Crippen LogP contribution in [0.2, 0.25) is 10.0 Å². The Morgan fingerprint density at radius 3 is 2.81 bits per heavy atom. The first kappa shape index (κ1) is 14.9. The van der Waals surface area contributed by atoms with Crippen molar-refractivity contribution in [2.75, 3.05) is 12.4 Å². The van der Waals surface area contributed by atoms with E-state index < -0.39 is 0 Å². The van der Waals surface area contributed by atoms with E-state index in [2.05, 4.69) is 15.3 Å². The van der Waals surface area contributed by atoms with Gasteiger partial charge >= 0.3 is 0 Å². The Hall–Kier alpha value is -1.01. The average molecular weight is 356 g/mol. The van der Waals surface area contributed by atoms with Gasteiger partial charge in [-0.15, -0.1) is 23.1 Å². The van der Waals surface area contributed by atoms with Gasteiger partial charge < -0.3 is 5.32 Å². The van der Waals surface area contributed by atoms with Crippen molar-refractivity contribution in [3.8, 4) is 0 Å². The number of aromatic nitrogens is 2. The summed E-state index contributed by atoms with van der Waals surface area (Å²) >= 11 is 15.2. The van der Waals surface area contributed by atoms with Gasteiger partial charge in [-0.05, 0) is 29.6 Å². The Bertz CT molecular complexity index is 789. The van der Waals surface area contributed by atoms with Crippen LogP contribution in [-0.2, 0) is 5.75 Å². The van der Waals surface area contributed by atoms with Gasteiger partial charge in [0.1, 0.15) is 16.5 Å². The molecule has 1 N–H and O–H groups in total. The second kappa shape index (κ2) is 6.40. The van der Waals surface area contributed by atoms with Crippen molar-refractivity contribution >= 4 is 62.3 Å². The predicted octanol–water partition coefficient (Wildman–Crippen LogP) is 5.33. The highest BCUT2D eigenvalue weighted by Gasteiger charge is 2.08. The van der Waals surface area contributed by atoms with Crippen molar-refractivity contribution in [3.05, 3.63) is 45.5 Å². The largest absolute Gasteiger partial charge is 0.372 e. The van der Waals surface area contributed by atoms with E-state index in [1.165, 1.54) is 0 Å². The number of fused-ring (bicyclic) bond motifs is 1. The number of benzene rings is 1. The molecular weight excluding hydrogens is 345 g/mol. The molecule has 0 atom stereocenters. The van der Waals surface area contributed by atoms with Gasteiger partial charge in [-0.2, -0.15) is 0 Å². The van der Waals surface area contributed by atoms with Crippen LogP contribution >= 0.6 is 46.3 Å². The first-order valence-electron chi connectivity index (χ1n) is 6.17. The minimum absolute atomic E-state index is 0.562. The number of thioether (sulfide) groups is 1. The smallest absolute Gasteiger partial charge is 0.142 e. The third-order valence-corrected chi connectivity index (χ3v) is 5.40. The van der Waals surface area contributed by atoms with Gasteiger partial charge in [-0.3, -0.25) is 0 Å². The summed E-state index contributed by atoms with van der Waals surface area (Å²) < 4.78 is 0. The molecule has 0 radical (unpaired) electrons. The van der Waals surface area contributed by atoms with Crippen LogP contribution in [0.1, 0.15) is 5.82 Å². The Morgan fingerprint density at radius 1 is 1.19 bits per heavy atom. The highest BCUT2D eigenvalue weighted by atomic mass is 35.5. The quantitative estimate of drug-likeness (QED) is 0.641. The number of thiophene rings is 1. The first-order valence-corrected chi connectivity index (χ1v) is 8.79. The van der Waals surface area contributed by atoms with E-state index in [0.717, 1.165) is 26.8 Å². The fourth-order valence-electron chi connectivity index (χ4n) is 1.87. The number of anilines is 1. The highest BCUT2D eigenvalue weighted by Crippen LogP contribution is 2.31. The summed E-state index contributed by atoms with van der Waals surface area (Å²) in [6, 6.07) is 7.63. The zero-order chi connectivity index (χ0) is 14.8. The summed E-state index contributed by atoms with van der Waals surface area (Å²) in [5, 5.41) is 7.33. The fraction of sp³-hybridized carbons (Fsp3) is 0.143. The van der Waals surface area contributed by atoms with Crippen LogP contribution in [-0.4, -0.2) is 17.0 Å². The van der Waals surface area contributed by atoms with Crippen molar-refractivity contribution in [2.24, 2.45) is 0 Å². The standard InChI is InChI=1S/C14H11Cl2N3S2/c1-17-13-9-4-5-20-14(9)19-12(18-13)7-21-8-2-3-10(15)11(16)6-8/h2-6H,7H2,1H3,(H,17,18,19). The molecule has 0 unspecified atom stereocenters. The SMILES string of the molecule is CNc1nc(CSc2ccc(Cl)c(Cl)c2)nc2sccc12. The van der Waals surface area contributed by atoms with E-state index >= 15 is 0 Å². The van der Waals surface area contributed by atoms with Crippen LogP contribution in [0.3, 0.4) is 0 Å². The molecule has 0 bridgehead atoms. The van der Waals surface area contributed by atoms with Crippen LogP contribution < -0.4 is 5.32 Å². The lowest BCUT2D eigenvalue weighted by Gasteiger charge is -2.06. The van der Waals surface area contributed by atoms with E-state index in [1.807, 2.05) is 30.6 Å². The number of hydrogen-bond acceptors (Lipinski definition) is 5. The molecule has 0 saturated heterocycles. The molecule has 0 aliphatic heterocycles. The van der Waals surface area contributed by atoms with E-state index in [1.54, 1.807) is 29.2 Å². The molecule has 3 rings (SSSR count). The van der Waals surface area contributed by atoms with Crippen LogP contribution in [0.5, 0.6) is 0 Å². The summed E-state index contributed by atoms with van der Waals surface area (Å²) in [6.45, 7) is 0. The van der Waals surface area contributed by atoms with Crippen molar-refractivity contribution in [1.29, 1.82) is 0 Å².